The van der Waals surface area contributed by atoms with E-state index >= 15 is 0 Å². The van der Waals surface area contributed by atoms with Gasteiger partial charge in [0.2, 0.25) is 0 Å². The summed E-state index contributed by atoms with van der Waals surface area (Å²) in [4.78, 5) is 10.8. The van der Waals surface area contributed by atoms with E-state index < -0.39 is 11.8 Å². The van der Waals surface area contributed by atoms with E-state index in [1.807, 2.05) is 0 Å². The number of ether oxygens (including phenoxy) is 1. The van der Waals surface area contributed by atoms with E-state index in [0.717, 1.165) is 6.07 Å². The van der Waals surface area contributed by atoms with Crippen LogP contribution in [0.4, 0.5) is 10.1 Å². The monoisotopic (exact) mass is 199 g/mol. The predicted molar refractivity (Wildman–Crippen MR) is 49.1 cm³/mol. The number of halogens is 1. The molecule has 3 N–H and O–H groups in total. The van der Waals surface area contributed by atoms with Crippen molar-refractivity contribution in [3.8, 4) is 5.75 Å². The molecule has 0 unspecified atom stereocenters. The van der Waals surface area contributed by atoms with Crippen molar-refractivity contribution in [3.05, 3.63) is 23.0 Å². The molecule has 0 saturated heterocycles. The minimum Gasteiger partial charge on any atom is -0.493 e. The molecule has 14 heavy (non-hydrogen) atoms. The van der Waals surface area contributed by atoms with Crippen LogP contribution in [0, 0.1) is 12.7 Å². The molecule has 5 heteroatoms. The zero-order valence-corrected chi connectivity index (χ0v) is 7.80. The van der Waals surface area contributed by atoms with Crippen LogP contribution in [0.2, 0.25) is 0 Å². The Hall–Kier alpha value is -1.78. The molecule has 0 aliphatic carbocycles. The number of benzene rings is 1. The van der Waals surface area contributed by atoms with Gasteiger partial charge in [-0.15, -0.1) is 0 Å². The van der Waals surface area contributed by atoms with Crippen LogP contribution < -0.4 is 10.5 Å². The second-order valence-electron chi connectivity index (χ2n) is 2.80. The number of carboxylic acids is 1. The van der Waals surface area contributed by atoms with E-state index in [0.29, 0.717) is 5.56 Å². The van der Waals surface area contributed by atoms with Crippen LogP contribution >= 0.6 is 0 Å². The molecule has 0 aromatic heterocycles. The van der Waals surface area contributed by atoms with E-state index in [2.05, 4.69) is 4.74 Å². The van der Waals surface area contributed by atoms with Crippen molar-refractivity contribution in [2.24, 2.45) is 0 Å². The average Bonchev–Trinajstić information content (AvgIpc) is 2.10. The van der Waals surface area contributed by atoms with Gasteiger partial charge < -0.3 is 15.6 Å². The first kappa shape index (κ1) is 10.3. The molecule has 76 valence electrons. The maximum Gasteiger partial charge on any atom is 0.341 e. The number of carbonyl (C=O) groups is 1. The van der Waals surface area contributed by atoms with Crippen molar-refractivity contribution in [2.45, 2.75) is 6.92 Å². The van der Waals surface area contributed by atoms with Gasteiger partial charge in [0.25, 0.3) is 0 Å². The van der Waals surface area contributed by atoms with Gasteiger partial charge in [0.1, 0.15) is 5.56 Å². The van der Waals surface area contributed by atoms with Crippen LogP contribution in [0.1, 0.15) is 15.9 Å². The van der Waals surface area contributed by atoms with Gasteiger partial charge in [-0.25, -0.2) is 9.18 Å². The maximum absolute atomic E-state index is 13.2. The van der Waals surface area contributed by atoms with Gasteiger partial charge in [-0.2, -0.15) is 0 Å². The lowest BCUT2D eigenvalue weighted by Gasteiger charge is -2.10. The molecule has 0 aliphatic heterocycles. The molecule has 0 atom stereocenters. The Balaban J connectivity index is 3.56. The van der Waals surface area contributed by atoms with Crippen LogP contribution in [-0.4, -0.2) is 18.2 Å². The molecule has 0 radical (unpaired) electrons. The van der Waals surface area contributed by atoms with Crippen LogP contribution in [0.25, 0.3) is 0 Å². The summed E-state index contributed by atoms with van der Waals surface area (Å²) in [6.45, 7) is 1.53. The van der Waals surface area contributed by atoms with Crippen molar-refractivity contribution in [2.75, 3.05) is 12.8 Å². The molecule has 1 aromatic carbocycles. The first-order chi connectivity index (χ1) is 6.49. The van der Waals surface area contributed by atoms with Crippen molar-refractivity contribution in [3.63, 3.8) is 0 Å². The van der Waals surface area contributed by atoms with Gasteiger partial charge in [0.05, 0.1) is 12.8 Å². The molecule has 1 aromatic rings. The van der Waals surface area contributed by atoms with Crippen molar-refractivity contribution < 1.29 is 19.0 Å². The third kappa shape index (κ3) is 1.48. The Morgan fingerprint density at radius 3 is 2.64 bits per heavy atom. The molecule has 0 amide bonds. The molecule has 0 aliphatic rings. The third-order valence-corrected chi connectivity index (χ3v) is 1.90. The number of hydrogen-bond donors (Lipinski definition) is 2. The van der Waals surface area contributed by atoms with E-state index in [1.165, 1.54) is 14.0 Å². The summed E-state index contributed by atoms with van der Waals surface area (Å²) in [5, 5.41) is 8.80. The number of nitrogen functional groups attached to an aromatic ring is 1. The summed E-state index contributed by atoms with van der Waals surface area (Å²) in [5.74, 6) is -2.36. The molecular weight excluding hydrogens is 189 g/mol. The molecule has 0 bridgehead atoms. The molecular formula is C9H10FNO3. The van der Waals surface area contributed by atoms with E-state index in [4.69, 9.17) is 10.8 Å². The van der Waals surface area contributed by atoms with Crippen molar-refractivity contribution in [1.29, 1.82) is 0 Å². The number of anilines is 1. The number of aryl methyl sites for hydroxylation is 1. The Bertz CT molecular complexity index is 390. The molecule has 1 rings (SSSR count). The number of rotatable bonds is 2. The second-order valence-corrected chi connectivity index (χ2v) is 2.80. The normalized spacial score (nSPS) is 9.93. The van der Waals surface area contributed by atoms with Crippen LogP contribution in [0.3, 0.4) is 0 Å². The summed E-state index contributed by atoms with van der Waals surface area (Å²) >= 11 is 0. The SMILES string of the molecule is COc1c(F)cc(C)c(N)c1C(=O)O. The number of aromatic carboxylic acids is 1. The van der Waals surface area contributed by atoms with Gasteiger partial charge in [0, 0.05) is 0 Å². The number of carboxylic acid groups (broad SMARTS) is 1. The fourth-order valence-electron chi connectivity index (χ4n) is 1.18. The molecule has 0 heterocycles. The first-order valence-corrected chi connectivity index (χ1v) is 3.85. The summed E-state index contributed by atoms with van der Waals surface area (Å²) in [6, 6.07) is 1.14. The van der Waals surface area contributed by atoms with Crippen molar-refractivity contribution in [1.82, 2.24) is 0 Å². The summed E-state index contributed by atoms with van der Waals surface area (Å²) in [5.41, 5.74) is 5.57. The predicted octanol–water partition coefficient (Wildman–Crippen LogP) is 1.42. The van der Waals surface area contributed by atoms with Crippen LogP contribution in [0.15, 0.2) is 6.07 Å². The molecule has 0 saturated carbocycles. The summed E-state index contributed by atoms with van der Waals surface area (Å²) < 4.78 is 17.8. The molecule has 0 spiro atoms. The summed E-state index contributed by atoms with van der Waals surface area (Å²) in [6.07, 6.45) is 0. The Kier molecular flexibility index (Phi) is 2.60. The van der Waals surface area contributed by atoms with E-state index in [-0.39, 0.29) is 17.0 Å². The molecule has 0 fully saturated rings. The van der Waals surface area contributed by atoms with E-state index in [1.54, 1.807) is 0 Å². The van der Waals surface area contributed by atoms with Gasteiger partial charge in [-0.3, -0.25) is 0 Å². The Morgan fingerprint density at radius 1 is 1.64 bits per heavy atom. The Labute approximate surface area is 80.1 Å². The van der Waals surface area contributed by atoms with E-state index in [9.17, 15) is 9.18 Å². The number of nitrogens with two attached hydrogens (primary N) is 1. The highest BCUT2D eigenvalue weighted by molar-refractivity contribution is 5.97. The largest absolute Gasteiger partial charge is 0.493 e. The maximum atomic E-state index is 13.2. The molecule has 4 nitrogen and oxygen atoms in total. The van der Waals surface area contributed by atoms with Gasteiger partial charge in [-0.1, -0.05) is 0 Å². The summed E-state index contributed by atoms with van der Waals surface area (Å²) in [7, 11) is 1.19. The quantitative estimate of drug-likeness (QED) is 0.706. The Morgan fingerprint density at radius 2 is 2.21 bits per heavy atom. The zero-order valence-electron chi connectivity index (χ0n) is 7.80. The van der Waals surface area contributed by atoms with Gasteiger partial charge in [-0.05, 0) is 18.6 Å². The smallest absolute Gasteiger partial charge is 0.341 e. The first-order valence-electron chi connectivity index (χ1n) is 3.85. The lowest BCUT2D eigenvalue weighted by atomic mass is 10.1. The lowest BCUT2D eigenvalue weighted by molar-refractivity contribution is 0.0693. The minimum atomic E-state index is -1.30. The van der Waals surface area contributed by atoms with Gasteiger partial charge >= 0.3 is 5.97 Å². The highest BCUT2D eigenvalue weighted by Crippen LogP contribution is 2.30. The average molecular weight is 199 g/mol. The highest BCUT2D eigenvalue weighted by atomic mass is 19.1. The second kappa shape index (κ2) is 3.53. The topological polar surface area (TPSA) is 72.5 Å². The fourth-order valence-corrected chi connectivity index (χ4v) is 1.18. The standard InChI is InChI=1S/C9H10FNO3/c1-4-3-5(10)8(14-2)6(7(4)11)9(12)13/h3H,11H2,1-2H3,(H,12,13). The highest BCUT2D eigenvalue weighted by Gasteiger charge is 2.20. The number of methoxy groups -OCH3 is 1. The minimum absolute atomic E-state index is 0.0238. The zero-order chi connectivity index (χ0) is 10.9. The van der Waals surface area contributed by atoms with Crippen LogP contribution in [0.5, 0.6) is 5.75 Å². The van der Waals surface area contributed by atoms with Gasteiger partial charge in [0.15, 0.2) is 11.6 Å². The fraction of sp³-hybridized carbons (Fsp3) is 0.222. The van der Waals surface area contributed by atoms with Crippen LogP contribution in [-0.2, 0) is 0 Å². The third-order valence-electron chi connectivity index (χ3n) is 1.90. The number of hydrogen-bond acceptors (Lipinski definition) is 3. The lowest BCUT2D eigenvalue weighted by Crippen LogP contribution is -2.08. The van der Waals surface area contributed by atoms with Crippen molar-refractivity contribution >= 4 is 11.7 Å².